The molecule has 7 nitrogen and oxygen atoms in total. The van der Waals surface area contributed by atoms with E-state index in [4.69, 9.17) is 9.26 Å². The molecule has 2 amide bonds. The number of nitrogens with one attached hydrogen (secondary N) is 1. The zero-order valence-electron chi connectivity index (χ0n) is 15.6. The lowest BCUT2D eigenvalue weighted by Crippen LogP contribution is -2.34. The third kappa shape index (κ3) is 5.91. The van der Waals surface area contributed by atoms with Crippen molar-refractivity contribution < 1.29 is 18.8 Å². The van der Waals surface area contributed by atoms with E-state index in [-0.39, 0.29) is 18.4 Å². The summed E-state index contributed by atoms with van der Waals surface area (Å²) in [5.74, 6) is 1.64. The number of carbonyl (C=O) groups is 2. The van der Waals surface area contributed by atoms with E-state index in [1.165, 1.54) is 4.90 Å². The highest BCUT2D eigenvalue weighted by Gasteiger charge is 2.16. The van der Waals surface area contributed by atoms with Crippen molar-refractivity contribution in [1.82, 2.24) is 10.1 Å². The number of amides is 2. The minimum atomic E-state index is -0.345. The van der Waals surface area contributed by atoms with Crippen LogP contribution in [0.25, 0.3) is 0 Å². The van der Waals surface area contributed by atoms with Gasteiger partial charge in [0.1, 0.15) is 11.5 Å². The predicted octanol–water partition coefficient (Wildman–Crippen LogP) is 3.12. The summed E-state index contributed by atoms with van der Waals surface area (Å²) in [7, 11) is 1.57. The summed E-state index contributed by atoms with van der Waals surface area (Å²) in [6.07, 6.45) is 0.976. The maximum Gasteiger partial charge on any atom is 0.254 e. The van der Waals surface area contributed by atoms with Crippen LogP contribution in [0.3, 0.4) is 0 Å². The standard InChI is InChI=1S/C19H25N3O4/c1-13(2)9-10-25-16-7-5-15(6-8-16)19(24)22(4)12-18(23)20-17-11-14(3)26-21-17/h5-8,11,13H,9-10,12H2,1-4H3,(H,20,21,23). The first kappa shape index (κ1) is 19.5. The van der Waals surface area contributed by atoms with Crippen molar-refractivity contribution in [2.75, 3.05) is 25.5 Å². The number of aryl methyl sites for hydroxylation is 1. The van der Waals surface area contributed by atoms with Crippen molar-refractivity contribution in [3.63, 3.8) is 0 Å². The average Bonchev–Trinajstić information content (AvgIpc) is 2.99. The number of carbonyl (C=O) groups excluding carboxylic acids is 2. The summed E-state index contributed by atoms with van der Waals surface area (Å²) in [6.45, 7) is 6.57. The Morgan fingerprint density at radius 3 is 2.54 bits per heavy atom. The summed E-state index contributed by atoms with van der Waals surface area (Å²) in [5, 5.41) is 6.27. The lowest BCUT2D eigenvalue weighted by molar-refractivity contribution is -0.116. The minimum Gasteiger partial charge on any atom is -0.494 e. The van der Waals surface area contributed by atoms with Crippen molar-refractivity contribution >= 4 is 17.6 Å². The molecule has 0 radical (unpaired) electrons. The van der Waals surface area contributed by atoms with Crippen LogP contribution in [-0.2, 0) is 4.79 Å². The van der Waals surface area contributed by atoms with E-state index in [0.29, 0.717) is 29.7 Å². The van der Waals surface area contributed by atoms with Gasteiger partial charge in [-0.25, -0.2) is 0 Å². The van der Waals surface area contributed by atoms with Crippen molar-refractivity contribution in [2.24, 2.45) is 5.92 Å². The van der Waals surface area contributed by atoms with E-state index in [1.807, 2.05) is 0 Å². The molecular formula is C19H25N3O4. The number of rotatable bonds is 8. The highest BCUT2D eigenvalue weighted by atomic mass is 16.5. The molecule has 0 unspecified atom stereocenters. The summed E-state index contributed by atoms with van der Waals surface area (Å²) in [6, 6.07) is 8.53. The highest BCUT2D eigenvalue weighted by Crippen LogP contribution is 2.15. The molecule has 0 saturated heterocycles. The Bertz CT molecular complexity index is 737. The van der Waals surface area contributed by atoms with Gasteiger partial charge in [0.15, 0.2) is 5.82 Å². The van der Waals surface area contributed by atoms with Crippen molar-refractivity contribution in [3.05, 3.63) is 41.7 Å². The van der Waals surface area contributed by atoms with E-state index in [0.717, 1.165) is 12.2 Å². The predicted molar refractivity (Wildman–Crippen MR) is 98.2 cm³/mol. The van der Waals surface area contributed by atoms with Gasteiger partial charge in [-0.15, -0.1) is 0 Å². The van der Waals surface area contributed by atoms with Crippen LogP contribution in [0.1, 0.15) is 36.4 Å². The second-order valence-electron chi connectivity index (χ2n) is 6.59. The fourth-order valence-corrected chi connectivity index (χ4v) is 2.22. The van der Waals surface area contributed by atoms with Crippen LogP contribution >= 0.6 is 0 Å². The monoisotopic (exact) mass is 359 g/mol. The van der Waals surface area contributed by atoms with Gasteiger partial charge in [-0.3, -0.25) is 9.59 Å². The van der Waals surface area contributed by atoms with Crippen LogP contribution < -0.4 is 10.1 Å². The number of likely N-dealkylation sites (N-methyl/N-ethyl adjacent to an activating group) is 1. The number of hydrogen-bond acceptors (Lipinski definition) is 5. The van der Waals surface area contributed by atoms with E-state index >= 15 is 0 Å². The van der Waals surface area contributed by atoms with Crippen LogP contribution in [0.15, 0.2) is 34.9 Å². The number of nitrogens with zero attached hydrogens (tertiary/aromatic N) is 2. The molecule has 1 aromatic carbocycles. The van der Waals surface area contributed by atoms with Gasteiger partial charge in [0, 0.05) is 18.7 Å². The number of ether oxygens (including phenoxy) is 1. The molecule has 0 bridgehead atoms. The molecule has 0 aliphatic rings. The smallest absolute Gasteiger partial charge is 0.254 e. The van der Waals surface area contributed by atoms with Gasteiger partial charge >= 0.3 is 0 Å². The number of benzene rings is 1. The quantitative estimate of drug-likeness (QED) is 0.783. The van der Waals surface area contributed by atoms with Crippen molar-refractivity contribution in [3.8, 4) is 5.75 Å². The van der Waals surface area contributed by atoms with Gasteiger partial charge in [0.2, 0.25) is 5.91 Å². The number of aromatic nitrogens is 1. The molecule has 140 valence electrons. The summed E-state index contributed by atoms with van der Waals surface area (Å²) in [5.41, 5.74) is 0.494. The lowest BCUT2D eigenvalue weighted by atomic mass is 10.1. The molecule has 0 atom stereocenters. The normalized spacial score (nSPS) is 10.7. The van der Waals surface area contributed by atoms with E-state index in [2.05, 4.69) is 24.3 Å². The third-order valence-corrected chi connectivity index (χ3v) is 3.69. The SMILES string of the molecule is Cc1cc(NC(=O)CN(C)C(=O)c2ccc(OCCC(C)C)cc2)no1. The molecule has 2 aromatic rings. The molecule has 1 heterocycles. The fourth-order valence-electron chi connectivity index (χ4n) is 2.22. The molecule has 0 aliphatic heterocycles. The molecule has 26 heavy (non-hydrogen) atoms. The number of hydrogen-bond donors (Lipinski definition) is 1. The van der Waals surface area contributed by atoms with Crippen molar-refractivity contribution in [1.29, 1.82) is 0 Å². The summed E-state index contributed by atoms with van der Waals surface area (Å²) in [4.78, 5) is 25.8. The third-order valence-electron chi connectivity index (χ3n) is 3.69. The first-order valence-corrected chi connectivity index (χ1v) is 8.56. The largest absolute Gasteiger partial charge is 0.494 e. The molecule has 0 fully saturated rings. The Labute approximate surface area is 153 Å². The van der Waals surface area contributed by atoms with Crippen molar-refractivity contribution in [2.45, 2.75) is 27.2 Å². The van der Waals surface area contributed by atoms with Gasteiger partial charge in [-0.05, 0) is 43.5 Å². The fraction of sp³-hybridized carbons (Fsp3) is 0.421. The average molecular weight is 359 g/mol. The number of anilines is 1. The topological polar surface area (TPSA) is 84.7 Å². The molecule has 1 N–H and O–H groups in total. The Balaban J connectivity index is 1.85. The molecule has 0 spiro atoms. The van der Waals surface area contributed by atoms with Gasteiger partial charge in [0.25, 0.3) is 5.91 Å². The van der Waals surface area contributed by atoms with Gasteiger partial charge in [-0.2, -0.15) is 0 Å². The van der Waals surface area contributed by atoms with Crippen LogP contribution in [0, 0.1) is 12.8 Å². The molecule has 7 heteroatoms. The Kier molecular flexibility index (Phi) is 6.77. The lowest BCUT2D eigenvalue weighted by Gasteiger charge is -2.16. The molecule has 0 saturated carbocycles. The Hall–Kier alpha value is -2.83. The van der Waals surface area contributed by atoms with E-state index in [9.17, 15) is 9.59 Å². The Morgan fingerprint density at radius 2 is 1.96 bits per heavy atom. The Morgan fingerprint density at radius 1 is 1.27 bits per heavy atom. The molecule has 2 rings (SSSR count). The van der Waals surface area contributed by atoms with E-state index < -0.39 is 0 Å². The summed E-state index contributed by atoms with van der Waals surface area (Å²) < 4.78 is 10.5. The van der Waals surface area contributed by atoms with E-state index in [1.54, 1.807) is 44.3 Å². The van der Waals surface area contributed by atoms with Crippen LogP contribution in [0.4, 0.5) is 5.82 Å². The zero-order chi connectivity index (χ0) is 19.1. The van der Waals surface area contributed by atoms with Gasteiger partial charge in [0.05, 0.1) is 13.2 Å². The first-order chi connectivity index (χ1) is 12.3. The molecular weight excluding hydrogens is 334 g/mol. The van der Waals surface area contributed by atoms with Crippen LogP contribution in [0.5, 0.6) is 5.75 Å². The van der Waals surface area contributed by atoms with Crippen LogP contribution in [0.2, 0.25) is 0 Å². The van der Waals surface area contributed by atoms with Gasteiger partial charge < -0.3 is 19.5 Å². The summed E-state index contributed by atoms with van der Waals surface area (Å²) >= 11 is 0. The van der Waals surface area contributed by atoms with Crippen LogP contribution in [-0.4, -0.2) is 42.1 Å². The first-order valence-electron chi connectivity index (χ1n) is 8.56. The molecule has 0 aliphatic carbocycles. The zero-order valence-corrected chi connectivity index (χ0v) is 15.6. The second-order valence-corrected chi connectivity index (χ2v) is 6.59. The second kappa shape index (κ2) is 9.03. The molecule has 1 aromatic heterocycles. The van der Waals surface area contributed by atoms with Gasteiger partial charge in [-0.1, -0.05) is 19.0 Å². The maximum atomic E-state index is 12.4. The highest BCUT2D eigenvalue weighted by molar-refractivity contribution is 5.98. The maximum absolute atomic E-state index is 12.4. The minimum absolute atomic E-state index is 0.0859.